The maximum absolute atomic E-state index is 12.6. The van der Waals surface area contributed by atoms with Crippen molar-refractivity contribution in [1.29, 1.82) is 0 Å². The quantitative estimate of drug-likeness (QED) is 0.0162. The number of ether oxygens (including phenoxy) is 2. The van der Waals surface area contributed by atoms with Crippen molar-refractivity contribution >= 4 is 19.8 Å². The molecule has 0 aromatic carbocycles. The molecule has 326 valence electrons. The number of allylic oxidation sites excluding steroid dienone is 12. The van der Waals surface area contributed by atoms with Gasteiger partial charge in [-0.3, -0.25) is 14.2 Å². The first-order valence-corrected chi connectivity index (χ1v) is 22.9. The van der Waals surface area contributed by atoms with Gasteiger partial charge in [0.05, 0.1) is 33.9 Å². The summed E-state index contributed by atoms with van der Waals surface area (Å²) in [5, 5.41) is 9.84. The normalized spacial score (nSPS) is 15.0. The molecule has 0 fully saturated rings. The van der Waals surface area contributed by atoms with Crippen LogP contribution in [-0.2, 0) is 32.7 Å². The molecule has 3 atom stereocenters. The summed E-state index contributed by atoms with van der Waals surface area (Å²) in [6.07, 6.45) is 43.9. The molecule has 11 heteroatoms. The number of rotatable bonds is 37. The number of likely N-dealkylation sites (N-methyl/N-ethyl adjacent to an activating group) is 1. The molecule has 1 N–H and O–H groups in total. The van der Waals surface area contributed by atoms with Crippen LogP contribution in [0.4, 0.5) is 0 Å². The average molecular weight is 820 g/mol. The Balaban J connectivity index is 4.58. The van der Waals surface area contributed by atoms with Crippen LogP contribution in [0.2, 0.25) is 0 Å². The number of carbonyl (C=O) groups is 2. The van der Waals surface area contributed by atoms with E-state index in [0.717, 1.165) is 64.2 Å². The lowest BCUT2D eigenvalue weighted by molar-refractivity contribution is -0.870. The zero-order chi connectivity index (χ0) is 42.3. The van der Waals surface area contributed by atoms with Crippen molar-refractivity contribution in [3.8, 4) is 0 Å². The van der Waals surface area contributed by atoms with Gasteiger partial charge in [0.2, 0.25) is 0 Å². The maximum Gasteiger partial charge on any atom is 0.306 e. The summed E-state index contributed by atoms with van der Waals surface area (Å²) in [4.78, 5) is 37.4. The molecule has 0 saturated carbocycles. The van der Waals surface area contributed by atoms with Crippen molar-refractivity contribution in [2.45, 2.75) is 148 Å². The Hall–Kier alpha value is -2.85. The van der Waals surface area contributed by atoms with E-state index in [1.165, 1.54) is 25.7 Å². The van der Waals surface area contributed by atoms with Gasteiger partial charge >= 0.3 is 11.9 Å². The number of hydrogen-bond acceptors (Lipinski definition) is 9. The Morgan fingerprint density at radius 1 is 0.667 bits per heavy atom. The smallest absolute Gasteiger partial charge is 0.306 e. The second kappa shape index (κ2) is 37.4. The van der Waals surface area contributed by atoms with Crippen LogP contribution in [0.3, 0.4) is 0 Å². The summed E-state index contributed by atoms with van der Waals surface area (Å²) in [5.74, 6) is -0.973. The molecule has 0 aliphatic carbocycles. The monoisotopic (exact) mass is 820 g/mol. The number of unbranched alkanes of at least 4 members (excludes halogenated alkanes) is 9. The zero-order valence-electron chi connectivity index (χ0n) is 36.1. The molecule has 0 heterocycles. The summed E-state index contributed by atoms with van der Waals surface area (Å²) >= 11 is 0. The maximum atomic E-state index is 12.6. The van der Waals surface area contributed by atoms with Crippen LogP contribution in [0.5, 0.6) is 0 Å². The number of phosphoric acid groups is 1. The van der Waals surface area contributed by atoms with Gasteiger partial charge in [-0.25, -0.2) is 0 Å². The van der Waals surface area contributed by atoms with E-state index in [1.54, 1.807) is 6.08 Å². The van der Waals surface area contributed by atoms with Crippen LogP contribution in [0, 0.1) is 0 Å². The zero-order valence-corrected chi connectivity index (χ0v) is 37.0. The predicted molar refractivity (Wildman–Crippen MR) is 232 cm³/mol. The number of quaternary nitrogens is 1. The highest BCUT2D eigenvalue weighted by Crippen LogP contribution is 2.38. The fourth-order valence-corrected chi connectivity index (χ4v) is 5.84. The van der Waals surface area contributed by atoms with Gasteiger partial charge in [-0.1, -0.05) is 137 Å². The molecule has 0 aliphatic rings. The van der Waals surface area contributed by atoms with Crippen LogP contribution in [-0.4, -0.2) is 81.2 Å². The molecule has 0 amide bonds. The number of esters is 2. The summed E-state index contributed by atoms with van der Waals surface area (Å²) < 4.78 is 33.7. The van der Waals surface area contributed by atoms with Crippen molar-refractivity contribution < 1.29 is 47.2 Å². The third-order valence-corrected chi connectivity index (χ3v) is 9.46. The van der Waals surface area contributed by atoms with Crippen LogP contribution < -0.4 is 4.89 Å². The molecule has 0 rings (SSSR count). The van der Waals surface area contributed by atoms with Crippen LogP contribution in [0.1, 0.15) is 136 Å². The Bertz CT molecular complexity index is 1260. The largest absolute Gasteiger partial charge is 0.756 e. The Morgan fingerprint density at radius 3 is 1.91 bits per heavy atom. The first-order valence-electron chi connectivity index (χ1n) is 21.4. The van der Waals surface area contributed by atoms with E-state index in [9.17, 15) is 24.2 Å². The van der Waals surface area contributed by atoms with Crippen molar-refractivity contribution in [3.63, 3.8) is 0 Å². The minimum atomic E-state index is -4.66. The number of aliphatic hydroxyl groups is 1. The molecule has 10 nitrogen and oxygen atoms in total. The average Bonchev–Trinajstić information content (AvgIpc) is 3.15. The highest BCUT2D eigenvalue weighted by Gasteiger charge is 2.21. The van der Waals surface area contributed by atoms with E-state index >= 15 is 0 Å². The van der Waals surface area contributed by atoms with Crippen LogP contribution in [0.15, 0.2) is 85.1 Å². The van der Waals surface area contributed by atoms with Gasteiger partial charge in [0.15, 0.2) is 6.10 Å². The number of hydrogen-bond donors (Lipinski definition) is 1. The second-order valence-electron chi connectivity index (χ2n) is 15.2. The molecule has 0 aromatic rings. The third-order valence-electron chi connectivity index (χ3n) is 8.49. The fourth-order valence-electron chi connectivity index (χ4n) is 5.11. The van der Waals surface area contributed by atoms with Crippen LogP contribution >= 0.6 is 7.82 Å². The minimum Gasteiger partial charge on any atom is -0.756 e. The highest BCUT2D eigenvalue weighted by molar-refractivity contribution is 7.45. The number of phosphoric ester groups is 1. The van der Waals surface area contributed by atoms with E-state index in [-0.39, 0.29) is 26.1 Å². The molecular weight excluding hydrogens is 741 g/mol. The second-order valence-corrected chi connectivity index (χ2v) is 16.6. The predicted octanol–water partition coefficient (Wildman–Crippen LogP) is 10.4. The van der Waals surface area contributed by atoms with E-state index in [1.807, 2.05) is 69.8 Å². The molecule has 0 bridgehead atoms. The summed E-state index contributed by atoms with van der Waals surface area (Å²) in [6.45, 7) is 3.86. The van der Waals surface area contributed by atoms with Gasteiger partial charge < -0.3 is 33.0 Å². The molecular formula is C46H78NO9P. The summed E-state index contributed by atoms with van der Waals surface area (Å²) in [6, 6.07) is 0. The van der Waals surface area contributed by atoms with E-state index in [4.69, 9.17) is 18.5 Å². The van der Waals surface area contributed by atoms with E-state index in [0.29, 0.717) is 30.3 Å². The van der Waals surface area contributed by atoms with Crippen molar-refractivity contribution in [3.05, 3.63) is 85.1 Å². The minimum absolute atomic E-state index is 0.0572. The standard InChI is InChI=1S/C46H78NO9P/c1-6-8-10-11-12-13-14-16-20-23-26-29-33-37-45(49)53-41-44(42-55-57(51,52)54-40-39-47(3,4)5)56-46(50)38-34-30-27-24-21-18-15-17-19-22-25-28-32-36-43(48)35-31-9-7-2/h9,13-14,17-19,21,25,27-28,30-32,36,43-44,48H,6-8,10-12,15-16,20,22-24,26,29,33-35,37-42H2,1-5H3/b14-13-,19-17-,21-18-,28-25-,30-27-,31-9-,36-32-. The van der Waals surface area contributed by atoms with Gasteiger partial charge in [0, 0.05) is 12.8 Å². The first-order chi connectivity index (χ1) is 27.4. The van der Waals surface area contributed by atoms with E-state index < -0.39 is 38.6 Å². The lowest BCUT2D eigenvalue weighted by Crippen LogP contribution is -2.37. The molecule has 0 aliphatic heterocycles. The van der Waals surface area contributed by atoms with Crippen LogP contribution in [0.25, 0.3) is 0 Å². The number of aliphatic hydroxyl groups excluding tert-OH is 1. The van der Waals surface area contributed by atoms with Gasteiger partial charge in [-0.05, 0) is 70.6 Å². The molecule has 0 saturated heterocycles. The lowest BCUT2D eigenvalue weighted by atomic mass is 10.1. The van der Waals surface area contributed by atoms with Gasteiger partial charge in [-0.2, -0.15) is 0 Å². The molecule has 0 aromatic heterocycles. The highest BCUT2D eigenvalue weighted by atomic mass is 31.2. The van der Waals surface area contributed by atoms with Crippen molar-refractivity contribution in [2.24, 2.45) is 0 Å². The fraction of sp³-hybridized carbons (Fsp3) is 0.652. The Kier molecular flexibility index (Phi) is 35.6. The summed E-state index contributed by atoms with van der Waals surface area (Å²) in [7, 11) is 1.07. The molecule has 57 heavy (non-hydrogen) atoms. The molecule has 0 radical (unpaired) electrons. The topological polar surface area (TPSA) is 131 Å². The number of carbonyl (C=O) groups excluding carboxylic acids is 2. The van der Waals surface area contributed by atoms with Crippen molar-refractivity contribution in [2.75, 3.05) is 47.5 Å². The van der Waals surface area contributed by atoms with Gasteiger partial charge in [0.1, 0.15) is 19.8 Å². The van der Waals surface area contributed by atoms with Gasteiger partial charge in [0.25, 0.3) is 7.82 Å². The van der Waals surface area contributed by atoms with Crippen molar-refractivity contribution in [1.82, 2.24) is 0 Å². The molecule has 3 unspecified atom stereocenters. The Labute approximate surface area is 346 Å². The Morgan fingerprint density at radius 2 is 1.26 bits per heavy atom. The first kappa shape index (κ1) is 54.2. The number of nitrogens with zero attached hydrogens (tertiary/aromatic N) is 1. The summed E-state index contributed by atoms with van der Waals surface area (Å²) in [5.41, 5.74) is 0. The SMILES string of the molecule is CC/C=C\CC(O)/C=C\C=C/C/C=C\C/C=C\C/C=C\CCC(=O)OC(COC(=O)CCCCCCC/C=C\CCCCCC)COP(=O)([O-])OCC[N+](C)(C)C. The lowest BCUT2D eigenvalue weighted by Gasteiger charge is -2.28. The third kappa shape index (κ3) is 41.1. The van der Waals surface area contributed by atoms with E-state index in [2.05, 4.69) is 44.2 Å². The molecule has 0 spiro atoms. The van der Waals surface area contributed by atoms with Gasteiger partial charge in [-0.15, -0.1) is 0 Å².